The fraction of sp³-hybridized carbons (Fsp3) is 0.0612. The molecular weight excluding hydrogens is 691 g/mol. The van der Waals surface area contributed by atoms with Crippen LogP contribution in [0.4, 0.5) is 17.1 Å². The van der Waals surface area contributed by atoms with Crippen molar-refractivity contribution in [1.82, 2.24) is 19.1 Å². The Morgan fingerprint density at radius 3 is 1.56 bits per heavy atom. The average molecular weight is 726 g/mol. The van der Waals surface area contributed by atoms with Crippen LogP contribution in [0.5, 0.6) is 0 Å². The Balaban J connectivity index is 1.22. The number of hydrogen-bond acceptors (Lipinski definition) is 4. The second-order valence-corrected chi connectivity index (χ2v) is 15.7. The molecule has 0 amide bonds. The van der Waals surface area contributed by atoms with E-state index in [0.717, 1.165) is 50.8 Å². The molecule has 6 aromatic carbocycles. The van der Waals surface area contributed by atoms with Gasteiger partial charge in [-0.2, -0.15) is 0 Å². The first-order valence-electron chi connectivity index (χ1n) is 18.7. The fourth-order valence-electron chi connectivity index (χ4n) is 8.72. The molecule has 55 heavy (non-hydrogen) atoms. The number of fused-ring (bicyclic) bond motifs is 8. The summed E-state index contributed by atoms with van der Waals surface area (Å²) in [6.45, 7) is 4.71. The monoisotopic (exact) mass is 725 g/mol. The number of rotatable bonds is 5. The van der Waals surface area contributed by atoms with Crippen LogP contribution in [0.25, 0.3) is 55.2 Å². The zero-order chi connectivity index (χ0) is 36.7. The van der Waals surface area contributed by atoms with E-state index >= 15 is 0 Å². The van der Waals surface area contributed by atoms with Crippen LogP contribution in [0, 0.1) is 0 Å². The molecule has 11 rings (SSSR count). The maximum Gasteiger partial charge on any atom is 0.137 e. The van der Waals surface area contributed by atoms with Gasteiger partial charge < -0.3 is 4.90 Å². The van der Waals surface area contributed by atoms with Crippen molar-refractivity contribution < 1.29 is 0 Å². The van der Waals surface area contributed by atoms with Gasteiger partial charge in [0, 0.05) is 60.5 Å². The van der Waals surface area contributed by atoms with Gasteiger partial charge in [-0.1, -0.05) is 117 Å². The lowest BCUT2D eigenvalue weighted by Crippen LogP contribution is -2.25. The molecule has 0 saturated carbocycles. The summed E-state index contributed by atoms with van der Waals surface area (Å²) in [6.07, 6.45) is 3.74. The zero-order valence-electron chi connectivity index (χ0n) is 30.4. The number of hydrogen-bond donors (Lipinski definition) is 0. The predicted molar refractivity (Wildman–Crippen MR) is 228 cm³/mol. The molecule has 6 heteroatoms. The first-order valence-corrected chi connectivity index (χ1v) is 19.5. The van der Waals surface area contributed by atoms with Crippen LogP contribution in [0.3, 0.4) is 0 Å². The first-order chi connectivity index (χ1) is 27.1. The molecule has 0 fully saturated rings. The molecule has 5 heterocycles. The third-order valence-electron chi connectivity index (χ3n) is 11.3. The van der Waals surface area contributed by atoms with Gasteiger partial charge in [-0.05, 0) is 83.9 Å². The fourth-order valence-corrected chi connectivity index (χ4v) is 10.2. The summed E-state index contributed by atoms with van der Waals surface area (Å²) in [5.74, 6) is 1.79. The third-order valence-corrected chi connectivity index (χ3v) is 12.5. The van der Waals surface area contributed by atoms with E-state index in [1.807, 2.05) is 36.3 Å². The third kappa shape index (κ3) is 4.81. The Morgan fingerprint density at radius 2 is 0.982 bits per heavy atom. The molecule has 0 radical (unpaired) electrons. The van der Waals surface area contributed by atoms with Crippen LogP contribution in [0.2, 0.25) is 0 Å². The molecule has 5 nitrogen and oxygen atoms in total. The van der Waals surface area contributed by atoms with Crippen molar-refractivity contribution in [2.75, 3.05) is 4.90 Å². The standard InChI is InChI=1S/C49H35N5S/c1-49(2)38-16-5-8-21-45(38)55-48-39(49)17-13-20-42(48)52(32-24-26-36-34-14-3-6-18-40(34)53(43(36)30-32)46-22-9-11-28-50-46)33-25-27-37-35-15-4-7-19-41(35)54(44(37)31-33)47-23-10-12-29-51-47/h3-31H,1-2H3. The van der Waals surface area contributed by atoms with Gasteiger partial charge in [-0.3, -0.25) is 9.13 Å². The normalized spacial score (nSPS) is 13.3. The summed E-state index contributed by atoms with van der Waals surface area (Å²) in [5, 5.41) is 4.78. The van der Waals surface area contributed by atoms with E-state index in [1.165, 1.54) is 42.5 Å². The highest BCUT2D eigenvalue weighted by Gasteiger charge is 2.35. The summed E-state index contributed by atoms with van der Waals surface area (Å²) in [4.78, 5) is 14.7. The van der Waals surface area contributed by atoms with Crippen LogP contribution in [0.1, 0.15) is 25.0 Å². The molecule has 0 unspecified atom stereocenters. The van der Waals surface area contributed by atoms with Crippen molar-refractivity contribution in [1.29, 1.82) is 0 Å². The number of benzene rings is 6. The molecule has 0 spiro atoms. The number of nitrogens with zero attached hydrogens (tertiary/aromatic N) is 5. The van der Waals surface area contributed by atoms with E-state index in [4.69, 9.17) is 9.97 Å². The number of pyridine rings is 2. The quantitative estimate of drug-likeness (QED) is 0.177. The molecule has 0 aliphatic carbocycles. The van der Waals surface area contributed by atoms with Crippen LogP contribution < -0.4 is 4.90 Å². The van der Waals surface area contributed by atoms with Crippen LogP contribution in [-0.4, -0.2) is 19.1 Å². The topological polar surface area (TPSA) is 38.9 Å². The highest BCUT2D eigenvalue weighted by Crippen LogP contribution is 2.54. The van der Waals surface area contributed by atoms with Crippen molar-refractivity contribution in [3.05, 3.63) is 187 Å². The van der Waals surface area contributed by atoms with Crippen molar-refractivity contribution in [3.8, 4) is 11.6 Å². The Labute approximate surface area is 323 Å². The zero-order valence-corrected chi connectivity index (χ0v) is 31.2. The van der Waals surface area contributed by atoms with Gasteiger partial charge in [0.2, 0.25) is 0 Å². The molecule has 0 bridgehead atoms. The highest BCUT2D eigenvalue weighted by atomic mass is 32.2. The van der Waals surface area contributed by atoms with Crippen LogP contribution in [0.15, 0.2) is 186 Å². The molecule has 1 aliphatic rings. The molecular formula is C49H35N5S. The van der Waals surface area contributed by atoms with Crippen LogP contribution in [-0.2, 0) is 5.41 Å². The number of anilines is 3. The summed E-state index contributed by atoms with van der Waals surface area (Å²) in [6, 6.07) is 59.0. The van der Waals surface area contributed by atoms with E-state index in [1.54, 1.807) is 0 Å². The number of aromatic nitrogens is 4. The second kappa shape index (κ2) is 12.2. The van der Waals surface area contributed by atoms with Gasteiger partial charge in [0.05, 0.1) is 27.8 Å². The van der Waals surface area contributed by atoms with E-state index in [9.17, 15) is 0 Å². The van der Waals surface area contributed by atoms with Crippen molar-refractivity contribution in [3.63, 3.8) is 0 Å². The minimum absolute atomic E-state index is 0.177. The molecule has 1 aliphatic heterocycles. The average Bonchev–Trinajstić information content (AvgIpc) is 3.74. The Morgan fingerprint density at radius 1 is 0.473 bits per heavy atom. The summed E-state index contributed by atoms with van der Waals surface area (Å²) < 4.78 is 4.59. The minimum Gasteiger partial charge on any atom is -0.309 e. The van der Waals surface area contributed by atoms with E-state index < -0.39 is 0 Å². The van der Waals surface area contributed by atoms with E-state index in [2.05, 4.69) is 180 Å². The Kier molecular flexibility index (Phi) is 7.07. The Hall–Kier alpha value is -6.63. The summed E-state index contributed by atoms with van der Waals surface area (Å²) in [5.41, 5.74) is 10.3. The van der Waals surface area contributed by atoms with Crippen molar-refractivity contribution >= 4 is 72.4 Å². The van der Waals surface area contributed by atoms with Gasteiger partial charge in [-0.15, -0.1) is 0 Å². The van der Waals surface area contributed by atoms with Crippen molar-refractivity contribution in [2.45, 2.75) is 29.1 Å². The number of para-hydroxylation sites is 2. The smallest absolute Gasteiger partial charge is 0.137 e. The van der Waals surface area contributed by atoms with Crippen LogP contribution >= 0.6 is 11.8 Å². The molecule has 0 atom stereocenters. The molecule has 10 aromatic rings. The molecule has 262 valence electrons. The van der Waals surface area contributed by atoms with E-state index in [0.29, 0.717) is 0 Å². The predicted octanol–water partition coefficient (Wildman–Crippen LogP) is 12.9. The summed E-state index contributed by atoms with van der Waals surface area (Å²) >= 11 is 1.87. The molecule has 0 N–H and O–H groups in total. The lowest BCUT2D eigenvalue weighted by molar-refractivity contribution is 0.607. The molecule has 4 aromatic heterocycles. The van der Waals surface area contributed by atoms with Gasteiger partial charge >= 0.3 is 0 Å². The minimum atomic E-state index is -0.177. The van der Waals surface area contributed by atoms with Gasteiger partial charge in [0.25, 0.3) is 0 Å². The second-order valence-electron chi connectivity index (χ2n) is 14.7. The maximum absolute atomic E-state index is 4.84. The molecule has 0 saturated heterocycles. The van der Waals surface area contributed by atoms with Gasteiger partial charge in [-0.25, -0.2) is 9.97 Å². The lowest BCUT2D eigenvalue weighted by atomic mass is 9.77. The first kappa shape index (κ1) is 31.9. The highest BCUT2D eigenvalue weighted by molar-refractivity contribution is 7.99. The lowest BCUT2D eigenvalue weighted by Gasteiger charge is -2.37. The van der Waals surface area contributed by atoms with Crippen molar-refractivity contribution in [2.24, 2.45) is 0 Å². The maximum atomic E-state index is 4.84. The van der Waals surface area contributed by atoms with Gasteiger partial charge in [0.15, 0.2) is 0 Å². The van der Waals surface area contributed by atoms with Gasteiger partial charge in [0.1, 0.15) is 11.6 Å². The summed E-state index contributed by atoms with van der Waals surface area (Å²) in [7, 11) is 0. The van der Waals surface area contributed by atoms with E-state index in [-0.39, 0.29) is 5.41 Å². The SMILES string of the molecule is CC1(C)c2ccccc2Sc2c(N(c3ccc4c5ccccc5n(-c5ccccn5)c4c3)c3ccc4c5ccccc5n(-c5ccccn5)c4c3)cccc21. The largest absolute Gasteiger partial charge is 0.309 e. The Bertz CT molecular complexity index is 2950.